The van der Waals surface area contributed by atoms with Gasteiger partial charge in [-0.1, -0.05) is 6.92 Å². The number of aliphatic hydroxyl groups excluding tert-OH is 1. The summed E-state index contributed by atoms with van der Waals surface area (Å²) in [4.78, 5) is 11.4. The summed E-state index contributed by atoms with van der Waals surface area (Å²) in [5.74, 6) is -0.209. The van der Waals surface area contributed by atoms with Gasteiger partial charge >= 0.3 is 0 Å². The summed E-state index contributed by atoms with van der Waals surface area (Å²) >= 11 is 5.51. The number of rotatable bonds is 4. The van der Waals surface area contributed by atoms with Crippen LogP contribution in [-0.4, -0.2) is 23.7 Å². The van der Waals surface area contributed by atoms with Gasteiger partial charge in [0.2, 0.25) is 0 Å². The predicted octanol–water partition coefficient (Wildman–Crippen LogP) is 1.43. The van der Waals surface area contributed by atoms with E-state index in [0.717, 1.165) is 0 Å². The first-order valence-electron chi connectivity index (χ1n) is 4.34. The number of furan rings is 1. The molecular weight excluding hydrogens is 206 g/mol. The Morgan fingerprint density at radius 1 is 1.71 bits per heavy atom. The van der Waals surface area contributed by atoms with Crippen LogP contribution in [0.25, 0.3) is 0 Å². The van der Waals surface area contributed by atoms with E-state index in [2.05, 4.69) is 5.32 Å². The summed E-state index contributed by atoms with van der Waals surface area (Å²) < 4.78 is 4.91. The first-order chi connectivity index (χ1) is 6.67. The van der Waals surface area contributed by atoms with Gasteiger partial charge in [-0.2, -0.15) is 0 Å². The molecule has 0 aromatic carbocycles. The fourth-order valence-electron chi connectivity index (χ4n) is 0.970. The summed E-state index contributed by atoms with van der Waals surface area (Å²) in [6.07, 6.45) is 0.663. The van der Waals surface area contributed by atoms with E-state index < -0.39 is 0 Å². The lowest BCUT2D eigenvalue weighted by Crippen LogP contribution is -2.36. The highest BCUT2D eigenvalue weighted by Gasteiger charge is 2.14. The maximum Gasteiger partial charge on any atom is 0.287 e. The van der Waals surface area contributed by atoms with Crippen molar-refractivity contribution < 1.29 is 14.3 Å². The van der Waals surface area contributed by atoms with E-state index >= 15 is 0 Å². The van der Waals surface area contributed by atoms with Gasteiger partial charge in [-0.05, 0) is 30.2 Å². The SMILES string of the molecule is CC[C@H](CO)NC(=O)c1ccc(Cl)o1. The van der Waals surface area contributed by atoms with Crippen molar-refractivity contribution in [3.63, 3.8) is 0 Å². The fraction of sp³-hybridized carbons (Fsp3) is 0.444. The molecule has 0 fully saturated rings. The third-order valence-corrected chi connectivity index (χ3v) is 2.05. The Balaban J connectivity index is 2.58. The first-order valence-corrected chi connectivity index (χ1v) is 4.72. The smallest absolute Gasteiger partial charge is 0.287 e. The molecule has 14 heavy (non-hydrogen) atoms. The maximum atomic E-state index is 11.4. The third-order valence-electron chi connectivity index (χ3n) is 1.85. The molecular formula is C9H12ClNO3. The summed E-state index contributed by atoms with van der Waals surface area (Å²) in [7, 11) is 0. The van der Waals surface area contributed by atoms with E-state index in [1.54, 1.807) is 0 Å². The normalized spacial score (nSPS) is 12.5. The van der Waals surface area contributed by atoms with Crippen molar-refractivity contribution in [2.24, 2.45) is 0 Å². The highest BCUT2D eigenvalue weighted by Crippen LogP contribution is 2.12. The van der Waals surface area contributed by atoms with E-state index in [1.165, 1.54) is 12.1 Å². The Hall–Kier alpha value is -1.00. The van der Waals surface area contributed by atoms with Gasteiger partial charge < -0.3 is 14.8 Å². The van der Waals surface area contributed by atoms with Crippen LogP contribution in [0.15, 0.2) is 16.5 Å². The van der Waals surface area contributed by atoms with Crippen molar-refractivity contribution in [2.45, 2.75) is 19.4 Å². The maximum absolute atomic E-state index is 11.4. The molecule has 1 heterocycles. The molecule has 0 unspecified atom stereocenters. The van der Waals surface area contributed by atoms with Crippen LogP contribution in [0.4, 0.5) is 0 Å². The van der Waals surface area contributed by atoms with Crippen molar-refractivity contribution in [3.05, 3.63) is 23.1 Å². The zero-order chi connectivity index (χ0) is 10.6. The van der Waals surface area contributed by atoms with Gasteiger partial charge in [0.15, 0.2) is 11.0 Å². The lowest BCUT2D eigenvalue weighted by molar-refractivity contribution is 0.0887. The van der Waals surface area contributed by atoms with Crippen LogP contribution in [0.3, 0.4) is 0 Å². The Morgan fingerprint density at radius 2 is 2.43 bits per heavy atom. The minimum absolute atomic E-state index is 0.0866. The zero-order valence-corrected chi connectivity index (χ0v) is 8.54. The zero-order valence-electron chi connectivity index (χ0n) is 7.79. The fourth-order valence-corrected chi connectivity index (χ4v) is 1.12. The van der Waals surface area contributed by atoms with Crippen molar-refractivity contribution in [1.82, 2.24) is 5.32 Å². The van der Waals surface area contributed by atoms with E-state index in [-0.39, 0.29) is 29.5 Å². The van der Waals surface area contributed by atoms with Crippen LogP contribution in [-0.2, 0) is 0 Å². The molecule has 2 N–H and O–H groups in total. The number of hydrogen-bond acceptors (Lipinski definition) is 3. The summed E-state index contributed by atoms with van der Waals surface area (Å²) in [6.45, 7) is 1.78. The number of nitrogens with one attached hydrogen (secondary N) is 1. The van der Waals surface area contributed by atoms with Gasteiger partial charge in [-0.25, -0.2) is 0 Å². The highest BCUT2D eigenvalue weighted by atomic mass is 35.5. The number of halogens is 1. The molecule has 1 aromatic heterocycles. The Bertz CT molecular complexity index is 307. The molecule has 0 saturated heterocycles. The average Bonchev–Trinajstić information content (AvgIpc) is 2.61. The van der Waals surface area contributed by atoms with Crippen molar-refractivity contribution in [3.8, 4) is 0 Å². The van der Waals surface area contributed by atoms with Crippen LogP contribution < -0.4 is 5.32 Å². The predicted molar refractivity (Wildman–Crippen MR) is 52.3 cm³/mol. The van der Waals surface area contributed by atoms with Gasteiger partial charge in [0.1, 0.15) is 0 Å². The van der Waals surface area contributed by atoms with Gasteiger partial charge in [-0.3, -0.25) is 4.79 Å². The van der Waals surface area contributed by atoms with Gasteiger partial charge in [0.05, 0.1) is 12.6 Å². The summed E-state index contributed by atoms with van der Waals surface area (Å²) in [5.41, 5.74) is 0. The topological polar surface area (TPSA) is 62.5 Å². The quantitative estimate of drug-likeness (QED) is 0.802. The number of aliphatic hydroxyl groups is 1. The molecule has 0 bridgehead atoms. The molecule has 0 saturated carbocycles. The number of carbonyl (C=O) groups excluding carboxylic acids is 1. The second-order valence-electron chi connectivity index (χ2n) is 2.86. The van der Waals surface area contributed by atoms with Gasteiger partial charge in [-0.15, -0.1) is 0 Å². The van der Waals surface area contributed by atoms with Crippen LogP contribution >= 0.6 is 11.6 Å². The van der Waals surface area contributed by atoms with Crippen LogP contribution in [0.2, 0.25) is 5.22 Å². The minimum Gasteiger partial charge on any atom is -0.440 e. The molecule has 5 heteroatoms. The molecule has 0 radical (unpaired) electrons. The number of carbonyl (C=O) groups is 1. The molecule has 1 atom stereocenters. The van der Waals surface area contributed by atoms with Gasteiger partial charge in [0.25, 0.3) is 5.91 Å². The monoisotopic (exact) mass is 217 g/mol. The number of amides is 1. The third kappa shape index (κ3) is 2.75. The van der Waals surface area contributed by atoms with E-state index in [1.807, 2.05) is 6.92 Å². The molecule has 1 aromatic rings. The average molecular weight is 218 g/mol. The second-order valence-corrected chi connectivity index (χ2v) is 3.24. The van der Waals surface area contributed by atoms with Crippen molar-refractivity contribution in [1.29, 1.82) is 0 Å². The summed E-state index contributed by atoms with van der Waals surface area (Å²) in [5, 5.41) is 11.6. The van der Waals surface area contributed by atoms with Gasteiger partial charge in [0, 0.05) is 0 Å². The lowest BCUT2D eigenvalue weighted by Gasteiger charge is -2.12. The highest BCUT2D eigenvalue weighted by molar-refractivity contribution is 6.29. The van der Waals surface area contributed by atoms with E-state index in [4.69, 9.17) is 21.1 Å². The molecule has 0 spiro atoms. The minimum atomic E-state index is -0.363. The largest absolute Gasteiger partial charge is 0.440 e. The second kappa shape index (κ2) is 5.02. The first kappa shape index (κ1) is 11.1. The van der Waals surface area contributed by atoms with E-state index in [9.17, 15) is 4.79 Å². The Labute approximate surface area is 86.9 Å². The molecule has 0 aliphatic carbocycles. The summed E-state index contributed by atoms with van der Waals surface area (Å²) in [6, 6.07) is 2.74. The standard InChI is InChI=1S/C9H12ClNO3/c1-2-6(5-12)11-9(13)7-3-4-8(10)14-7/h3-4,6,12H,2,5H2,1H3,(H,11,13)/t6-/m1/s1. The van der Waals surface area contributed by atoms with Crippen molar-refractivity contribution >= 4 is 17.5 Å². The van der Waals surface area contributed by atoms with Crippen LogP contribution in [0, 0.1) is 0 Å². The molecule has 78 valence electrons. The molecule has 4 nitrogen and oxygen atoms in total. The Kier molecular flexibility index (Phi) is 3.98. The number of hydrogen-bond donors (Lipinski definition) is 2. The van der Waals surface area contributed by atoms with Crippen LogP contribution in [0.5, 0.6) is 0 Å². The van der Waals surface area contributed by atoms with Crippen LogP contribution in [0.1, 0.15) is 23.9 Å². The van der Waals surface area contributed by atoms with E-state index in [0.29, 0.717) is 6.42 Å². The molecule has 0 aliphatic rings. The lowest BCUT2D eigenvalue weighted by atomic mass is 10.2. The molecule has 1 amide bonds. The molecule has 1 rings (SSSR count). The molecule has 0 aliphatic heterocycles. The van der Waals surface area contributed by atoms with Crippen molar-refractivity contribution in [2.75, 3.05) is 6.61 Å². The Morgan fingerprint density at radius 3 is 2.86 bits per heavy atom.